The third-order valence-corrected chi connectivity index (χ3v) is 6.12. The molecule has 0 aliphatic carbocycles. The van der Waals surface area contributed by atoms with Crippen molar-refractivity contribution in [3.8, 4) is 0 Å². The summed E-state index contributed by atoms with van der Waals surface area (Å²) in [6, 6.07) is 4.50. The van der Waals surface area contributed by atoms with Gasteiger partial charge in [0, 0.05) is 24.9 Å². The Hall–Kier alpha value is -1.40. The van der Waals surface area contributed by atoms with Crippen LogP contribution >= 0.6 is 11.3 Å². The maximum Gasteiger partial charge on any atom is 0.237 e. The van der Waals surface area contributed by atoms with Crippen molar-refractivity contribution in [1.82, 2.24) is 15.1 Å². The molecule has 1 aromatic rings. The molecule has 2 saturated heterocycles. The predicted molar refractivity (Wildman–Crippen MR) is 95.9 cm³/mol. The molecule has 0 saturated carbocycles. The maximum atomic E-state index is 12.7. The van der Waals surface area contributed by atoms with Crippen LogP contribution in [0, 0.1) is 5.92 Å². The van der Waals surface area contributed by atoms with Gasteiger partial charge in [-0.3, -0.25) is 14.5 Å². The topological polar surface area (TPSA) is 52.7 Å². The van der Waals surface area contributed by atoms with E-state index < -0.39 is 0 Å². The monoisotopic (exact) mass is 349 g/mol. The van der Waals surface area contributed by atoms with Crippen molar-refractivity contribution in [3.05, 3.63) is 22.4 Å². The van der Waals surface area contributed by atoms with E-state index in [1.165, 1.54) is 4.88 Å². The van der Waals surface area contributed by atoms with Crippen molar-refractivity contribution in [2.45, 2.75) is 38.6 Å². The number of thiophene rings is 1. The largest absolute Gasteiger partial charge is 0.356 e. The van der Waals surface area contributed by atoms with E-state index in [2.05, 4.69) is 32.6 Å². The third kappa shape index (κ3) is 4.36. The number of rotatable bonds is 5. The fraction of sp³-hybridized carbons (Fsp3) is 0.667. The molecule has 0 spiro atoms. The van der Waals surface area contributed by atoms with Crippen LogP contribution in [0.4, 0.5) is 0 Å². The molecule has 2 fully saturated rings. The first-order valence-corrected chi connectivity index (χ1v) is 9.81. The number of hydrogen-bond donors (Lipinski definition) is 1. The molecule has 5 nitrogen and oxygen atoms in total. The molecule has 6 heteroatoms. The summed E-state index contributed by atoms with van der Waals surface area (Å²) in [7, 11) is 0. The van der Waals surface area contributed by atoms with Crippen LogP contribution in [-0.4, -0.2) is 54.3 Å². The molecule has 24 heavy (non-hydrogen) atoms. The Labute approximate surface area is 148 Å². The number of piperidine rings is 1. The highest BCUT2D eigenvalue weighted by Crippen LogP contribution is 2.34. The molecular weight excluding hydrogens is 322 g/mol. The molecule has 3 rings (SSSR count). The zero-order chi connectivity index (χ0) is 16.9. The molecule has 2 aliphatic heterocycles. The summed E-state index contributed by atoms with van der Waals surface area (Å²) >= 11 is 1.75. The molecule has 1 N–H and O–H groups in total. The van der Waals surface area contributed by atoms with Gasteiger partial charge in [0.15, 0.2) is 0 Å². The van der Waals surface area contributed by atoms with E-state index in [-0.39, 0.29) is 17.9 Å². The number of nitrogens with zero attached hydrogens (tertiary/aromatic N) is 2. The van der Waals surface area contributed by atoms with Gasteiger partial charge in [0.05, 0.1) is 12.6 Å². The summed E-state index contributed by atoms with van der Waals surface area (Å²) in [5, 5.41) is 5.00. The van der Waals surface area contributed by atoms with Gasteiger partial charge in [0.2, 0.25) is 11.8 Å². The van der Waals surface area contributed by atoms with Crippen molar-refractivity contribution in [2.24, 2.45) is 5.92 Å². The van der Waals surface area contributed by atoms with Crippen molar-refractivity contribution < 1.29 is 9.59 Å². The van der Waals surface area contributed by atoms with E-state index in [1.807, 2.05) is 0 Å². The molecule has 2 amide bonds. The van der Waals surface area contributed by atoms with Crippen LogP contribution in [0.5, 0.6) is 0 Å². The van der Waals surface area contributed by atoms with Crippen LogP contribution in [-0.2, 0) is 9.59 Å². The first kappa shape index (κ1) is 17.4. The molecular formula is C18H27N3O2S. The highest BCUT2D eigenvalue weighted by atomic mass is 32.1. The zero-order valence-electron chi connectivity index (χ0n) is 14.4. The van der Waals surface area contributed by atoms with Crippen molar-refractivity contribution >= 4 is 23.2 Å². The van der Waals surface area contributed by atoms with Crippen LogP contribution in [0.15, 0.2) is 17.5 Å². The smallest absolute Gasteiger partial charge is 0.237 e. The van der Waals surface area contributed by atoms with Crippen LogP contribution < -0.4 is 5.32 Å². The van der Waals surface area contributed by atoms with Gasteiger partial charge in [-0.15, -0.1) is 11.3 Å². The summed E-state index contributed by atoms with van der Waals surface area (Å²) in [6.45, 7) is 5.66. The van der Waals surface area contributed by atoms with Crippen molar-refractivity contribution in [1.29, 1.82) is 0 Å². The zero-order valence-corrected chi connectivity index (χ0v) is 15.2. The van der Waals surface area contributed by atoms with Gasteiger partial charge in [0.25, 0.3) is 0 Å². The Kier molecular flexibility index (Phi) is 5.89. The van der Waals surface area contributed by atoms with E-state index in [0.717, 1.165) is 51.9 Å². The van der Waals surface area contributed by atoms with Gasteiger partial charge in [-0.25, -0.2) is 0 Å². The second-order valence-electron chi connectivity index (χ2n) is 6.92. The molecule has 0 bridgehead atoms. The minimum Gasteiger partial charge on any atom is -0.356 e. The number of amides is 2. The number of carbonyl (C=O) groups excluding carboxylic acids is 2. The number of hydrogen-bond acceptors (Lipinski definition) is 4. The molecule has 3 heterocycles. The van der Waals surface area contributed by atoms with Crippen LogP contribution in [0.1, 0.15) is 43.5 Å². The van der Waals surface area contributed by atoms with Gasteiger partial charge in [-0.05, 0) is 56.1 Å². The summed E-state index contributed by atoms with van der Waals surface area (Å²) in [5.74, 6) is 0.860. The van der Waals surface area contributed by atoms with Crippen LogP contribution in [0.25, 0.3) is 0 Å². The average Bonchev–Trinajstić information content (AvgIpc) is 3.24. The standard InChI is InChI=1S/C18H27N3O2S/c1-14(22)19-12-15-6-9-20(10-7-15)13-18(23)21-8-2-4-16(21)17-5-3-11-24-17/h3,5,11,15-16H,2,4,6-10,12-13H2,1H3,(H,19,22)/t16-/m0/s1. The molecule has 132 valence electrons. The predicted octanol–water partition coefficient (Wildman–Crippen LogP) is 2.26. The fourth-order valence-electron chi connectivity index (χ4n) is 3.76. The fourth-order valence-corrected chi connectivity index (χ4v) is 4.63. The quantitative estimate of drug-likeness (QED) is 0.887. The molecule has 0 aromatic carbocycles. The molecule has 0 radical (unpaired) electrons. The van der Waals surface area contributed by atoms with E-state index in [0.29, 0.717) is 12.5 Å². The van der Waals surface area contributed by atoms with Crippen LogP contribution in [0.2, 0.25) is 0 Å². The first-order valence-electron chi connectivity index (χ1n) is 8.93. The lowest BCUT2D eigenvalue weighted by Crippen LogP contribution is -2.44. The molecule has 2 aliphatic rings. The molecule has 1 atom stereocenters. The summed E-state index contributed by atoms with van der Waals surface area (Å²) < 4.78 is 0. The van der Waals surface area contributed by atoms with Gasteiger partial charge >= 0.3 is 0 Å². The minimum absolute atomic E-state index is 0.0428. The van der Waals surface area contributed by atoms with E-state index in [4.69, 9.17) is 0 Å². The lowest BCUT2D eigenvalue weighted by molar-refractivity contribution is -0.133. The third-order valence-electron chi connectivity index (χ3n) is 5.15. The molecule has 1 aromatic heterocycles. The van der Waals surface area contributed by atoms with Crippen molar-refractivity contribution in [2.75, 3.05) is 32.7 Å². The Morgan fingerprint density at radius 2 is 2.04 bits per heavy atom. The second-order valence-corrected chi connectivity index (χ2v) is 7.90. The van der Waals surface area contributed by atoms with Gasteiger partial charge in [0.1, 0.15) is 0 Å². The minimum atomic E-state index is 0.0428. The van der Waals surface area contributed by atoms with Gasteiger partial charge in [-0.1, -0.05) is 6.07 Å². The lowest BCUT2D eigenvalue weighted by atomic mass is 9.97. The van der Waals surface area contributed by atoms with E-state index in [1.54, 1.807) is 18.3 Å². The highest BCUT2D eigenvalue weighted by Gasteiger charge is 2.31. The van der Waals surface area contributed by atoms with Crippen molar-refractivity contribution in [3.63, 3.8) is 0 Å². The van der Waals surface area contributed by atoms with Crippen LogP contribution in [0.3, 0.4) is 0 Å². The SMILES string of the molecule is CC(=O)NCC1CCN(CC(=O)N2CCC[C@H]2c2cccs2)CC1. The molecule has 0 unspecified atom stereocenters. The van der Waals surface area contributed by atoms with E-state index >= 15 is 0 Å². The highest BCUT2D eigenvalue weighted by molar-refractivity contribution is 7.10. The summed E-state index contributed by atoms with van der Waals surface area (Å²) in [5.41, 5.74) is 0. The summed E-state index contributed by atoms with van der Waals surface area (Å²) in [4.78, 5) is 29.4. The lowest BCUT2D eigenvalue weighted by Gasteiger charge is -2.33. The maximum absolute atomic E-state index is 12.7. The van der Waals surface area contributed by atoms with E-state index in [9.17, 15) is 9.59 Å². The Morgan fingerprint density at radius 1 is 1.25 bits per heavy atom. The Balaban J connectivity index is 1.46. The number of nitrogens with one attached hydrogen (secondary N) is 1. The Morgan fingerprint density at radius 3 is 2.71 bits per heavy atom. The number of likely N-dealkylation sites (tertiary alicyclic amines) is 2. The number of carbonyl (C=O) groups is 2. The average molecular weight is 350 g/mol. The second kappa shape index (κ2) is 8.12. The van der Waals surface area contributed by atoms with Gasteiger partial charge < -0.3 is 10.2 Å². The van der Waals surface area contributed by atoms with Gasteiger partial charge in [-0.2, -0.15) is 0 Å². The summed E-state index contributed by atoms with van der Waals surface area (Å²) in [6.07, 6.45) is 4.31. The first-order chi connectivity index (χ1) is 11.6. The normalized spacial score (nSPS) is 22.7. The Bertz CT molecular complexity index is 553.